The van der Waals surface area contributed by atoms with Gasteiger partial charge in [0.1, 0.15) is 5.78 Å². The van der Waals surface area contributed by atoms with E-state index in [1.807, 2.05) is 0 Å². The minimum atomic E-state index is -4.48. The van der Waals surface area contributed by atoms with E-state index in [-0.39, 0.29) is 28.6 Å². The second kappa shape index (κ2) is 8.75. The van der Waals surface area contributed by atoms with Crippen LogP contribution in [0.3, 0.4) is 0 Å². The van der Waals surface area contributed by atoms with E-state index in [0.717, 1.165) is 25.7 Å². The first kappa shape index (κ1) is 24.9. The lowest BCUT2D eigenvalue weighted by atomic mass is 9.43. The fourth-order valence-corrected chi connectivity index (χ4v) is 9.66. The van der Waals surface area contributed by atoms with Gasteiger partial charge in [-0.3, -0.25) is 4.52 Å². The number of aliphatic hydroxyl groups is 1. The van der Waals surface area contributed by atoms with E-state index in [1.54, 1.807) is 6.92 Å². The molecule has 0 unspecified atom stereocenters. The van der Waals surface area contributed by atoms with Crippen LogP contribution in [0, 0.1) is 46.3 Å². The van der Waals surface area contributed by atoms with E-state index >= 15 is 0 Å². The molecule has 4 aliphatic carbocycles. The number of carbonyl (C=O) groups is 1. The van der Waals surface area contributed by atoms with Gasteiger partial charge in [-0.1, -0.05) is 20.8 Å². The molecule has 10 atom stereocenters. The van der Waals surface area contributed by atoms with Crippen molar-refractivity contribution in [2.75, 3.05) is 0 Å². The van der Waals surface area contributed by atoms with Crippen LogP contribution in [0.1, 0.15) is 91.9 Å². The molecule has 0 saturated heterocycles. The number of Topliss-reactive ketones (excluding diaryl/α,β-unsaturated/α-hetero) is 1. The summed E-state index contributed by atoms with van der Waals surface area (Å²) in [5.74, 6) is 3.01. The van der Waals surface area contributed by atoms with Crippen LogP contribution in [0.5, 0.6) is 0 Å². The number of phosphoric acid groups is 1. The van der Waals surface area contributed by atoms with Gasteiger partial charge in [0, 0.05) is 6.42 Å². The summed E-state index contributed by atoms with van der Waals surface area (Å²) in [5, 5.41) is 11.4. The topological polar surface area (TPSA) is 104 Å². The van der Waals surface area contributed by atoms with E-state index in [1.165, 1.54) is 19.3 Å². The third-order valence-electron chi connectivity index (χ3n) is 10.6. The van der Waals surface area contributed by atoms with E-state index < -0.39 is 13.9 Å². The molecule has 0 amide bonds. The minimum absolute atomic E-state index is 0.109. The maximum absolute atomic E-state index is 11.5. The molecule has 32 heavy (non-hydrogen) atoms. The van der Waals surface area contributed by atoms with Crippen molar-refractivity contribution in [3.8, 4) is 0 Å². The van der Waals surface area contributed by atoms with Gasteiger partial charge in [-0.15, -0.1) is 0 Å². The fraction of sp³-hybridized carbons (Fsp3) is 0.960. The molecule has 4 aliphatic rings. The largest absolute Gasteiger partial charge is 0.469 e. The third-order valence-corrected chi connectivity index (χ3v) is 11.2. The number of hydrogen-bond acceptors (Lipinski definition) is 4. The second-order valence-corrected chi connectivity index (χ2v) is 13.4. The molecule has 3 N–H and O–H groups in total. The molecule has 4 rings (SSSR count). The lowest BCUT2D eigenvalue weighted by Gasteiger charge is -2.62. The third kappa shape index (κ3) is 4.40. The summed E-state index contributed by atoms with van der Waals surface area (Å²) in [6.45, 7) is 8.84. The molecule has 184 valence electrons. The molecule has 0 aromatic carbocycles. The Morgan fingerprint density at radius 2 is 1.72 bits per heavy atom. The number of aliphatic hydroxyl groups excluding tert-OH is 1. The van der Waals surface area contributed by atoms with Crippen molar-refractivity contribution < 1.29 is 28.8 Å². The highest BCUT2D eigenvalue weighted by atomic mass is 31.2. The summed E-state index contributed by atoms with van der Waals surface area (Å²) < 4.78 is 16.4. The van der Waals surface area contributed by atoms with Crippen molar-refractivity contribution in [3.63, 3.8) is 0 Å². The van der Waals surface area contributed by atoms with Gasteiger partial charge in [0.15, 0.2) is 0 Å². The Kier molecular flexibility index (Phi) is 6.80. The summed E-state index contributed by atoms with van der Waals surface area (Å²) >= 11 is 0. The van der Waals surface area contributed by atoms with E-state index in [2.05, 4.69) is 20.8 Å². The molecule has 0 spiro atoms. The zero-order valence-corrected chi connectivity index (χ0v) is 21.1. The summed E-state index contributed by atoms with van der Waals surface area (Å²) in [5.41, 5.74) is 0.348. The zero-order chi connectivity index (χ0) is 23.5. The number of fused-ring (bicyclic) bond motifs is 5. The standard InChI is InChI=1S/C25H43O6P/c1-15(5-6-16(2)26)19-7-8-20-23-21(10-12-25(19,20)4)24(3)11-9-18(31-32(28,29)30)13-17(24)14-22(23)27/h15,17-23,27H,5-14H2,1-4H3,(H2,28,29,30)/t15-,17+,18-,19-,20+,21+,22+,23+,24+,25-/m1/s1. The average molecular weight is 471 g/mol. The highest BCUT2D eigenvalue weighted by Gasteiger charge is 2.63. The van der Waals surface area contributed by atoms with Gasteiger partial charge in [0.25, 0.3) is 0 Å². The number of carbonyl (C=O) groups excluding carboxylic acids is 1. The highest BCUT2D eigenvalue weighted by molar-refractivity contribution is 7.46. The van der Waals surface area contributed by atoms with Gasteiger partial charge >= 0.3 is 7.82 Å². The number of ketones is 1. The number of phosphoric ester groups is 1. The van der Waals surface area contributed by atoms with E-state index in [4.69, 9.17) is 4.52 Å². The summed E-state index contributed by atoms with van der Waals surface area (Å²) in [4.78, 5) is 30.1. The molecule has 4 fully saturated rings. The maximum Gasteiger partial charge on any atom is 0.469 e. The quantitative estimate of drug-likeness (QED) is 0.467. The van der Waals surface area contributed by atoms with Crippen molar-refractivity contribution in [1.82, 2.24) is 0 Å². The van der Waals surface area contributed by atoms with Crippen molar-refractivity contribution in [1.29, 1.82) is 0 Å². The number of rotatable bonds is 6. The Bertz CT molecular complexity index is 766. The Hall–Kier alpha value is -0.260. The molecule has 7 heteroatoms. The summed E-state index contributed by atoms with van der Waals surface area (Å²) in [6.07, 6.45) is 8.53. The van der Waals surface area contributed by atoms with Crippen molar-refractivity contribution >= 4 is 13.6 Å². The fourth-order valence-electron chi connectivity index (χ4n) is 9.08. The van der Waals surface area contributed by atoms with Crippen molar-refractivity contribution in [3.05, 3.63) is 0 Å². The van der Waals surface area contributed by atoms with Crippen LogP contribution in [-0.2, 0) is 13.9 Å². The van der Waals surface area contributed by atoms with Crippen LogP contribution in [0.4, 0.5) is 0 Å². The van der Waals surface area contributed by atoms with Crippen molar-refractivity contribution in [2.24, 2.45) is 46.3 Å². The normalized spacial score (nSPS) is 47.3. The van der Waals surface area contributed by atoms with Crippen LogP contribution in [0.25, 0.3) is 0 Å². The van der Waals surface area contributed by atoms with Crippen molar-refractivity contribution in [2.45, 2.75) is 104 Å². The molecule has 0 aliphatic heterocycles. The highest BCUT2D eigenvalue weighted by Crippen LogP contribution is 2.68. The molecular formula is C25H43O6P. The van der Waals surface area contributed by atoms with Crippen LogP contribution < -0.4 is 0 Å². The smallest absolute Gasteiger partial charge is 0.393 e. The van der Waals surface area contributed by atoms with Crippen LogP contribution >= 0.6 is 7.82 Å². The van der Waals surface area contributed by atoms with Gasteiger partial charge in [-0.2, -0.15) is 0 Å². The van der Waals surface area contributed by atoms with Crippen LogP contribution in [-0.4, -0.2) is 32.9 Å². The summed E-state index contributed by atoms with van der Waals surface area (Å²) in [6, 6.07) is 0. The molecule has 0 bridgehead atoms. The van der Waals surface area contributed by atoms with E-state index in [9.17, 15) is 24.3 Å². The Balaban J connectivity index is 1.51. The Morgan fingerprint density at radius 3 is 2.38 bits per heavy atom. The molecule has 0 heterocycles. The summed E-state index contributed by atoms with van der Waals surface area (Å²) in [7, 11) is -4.48. The molecule has 4 saturated carbocycles. The lowest BCUT2D eigenvalue weighted by molar-refractivity contribution is -0.173. The predicted octanol–water partition coefficient (Wildman–Crippen LogP) is 5.10. The first-order valence-corrected chi connectivity index (χ1v) is 14.3. The first-order valence-electron chi connectivity index (χ1n) is 12.8. The second-order valence-electron chi connectivity index (χ2n) is 12.2. The Labute approximate surface area is 193 Å². The van der Waals surface area contributed by atoms with Gasteiger partial charge in [0.2, 0.25) is 0 Å². The molecule has 6 nitrogen and oxygen atoms in total. The Morgan fingerprint density at radius 1 is 1.06 bits per heavy atom. The first-order chi connectivity index (χ1) is 14.8. The average Bonchev–Trinajstić information content (AvgIpc) is 3.03. The monoisotopic (exact) mass is 470 g/mol. The minimum Gasteiger partial charge on any atom is -0.393 e. The predicted molar refractivity (Wildman–Crippen MR) is 123 cm³/mol. The van der Waals surface area contributed by atoms with Crippen LogP contribution in [0.15, 0.2) is 0 Å². The molecule has 0 aromatic heterocycles. The zero-order valence-electron chi connectivity index (χ0n) is 20.2. The van der Waals surface area contributed by atoms with Gasteiger partial charge < -0.3 is 19.7 Å². The van der Waals surface area contributed by atoms with Gasteiger partial charge in [-0.25, -0.2) is 4.57 Å². The maximum atomic E-state index is 11.5. The molecular weight excluding hydrogens is 427 g/mol. The molecule has 0 aromatic rings. The van der Waals surface area contributed by atoms with E-state index in [0.29, 0.717) is 48.9 Å². The SMILES string of the molecule is CC(=O)CC[C@@H](C)[C@H]1CC[C@H]2[C@@H]3[C@@H](O)C[C@@H]4C[C@H](OP(=O)(O)O)CC[C@]4(C)[C@H]3CC[C@]12C. The van der Waals surface area contributed by atoms with Crippen LogP contribution in [0.2, 0.25) is 0 Å². The van der Waals surface area contributed by atoms with Gasteiger partial charge in [-0.05, 0) is 111 Å². The molecule has 0 radical (unpaired) electrons. The number of hydrogen-bond donors (Lipinski definition) is 3. The van der Waals surface area contributed by atoms with Gasteiger partial charge in [0.05, 0.1) is 12.2 Å². The lowest BCUT2D eigenvalue weighted by Crippen LogP contribution is -2.58.